The van der Waals surface area contributed by atoms with Gasteiger partial charge < -0.3 is 14.4 Å². The van der Waals surface area contributed by atoms with Crippen LogP contribution >= 0.6 is 11.6 Å². The van der Waals surface area contributed by atoms with Crippen LogP contribution in [0.5, 0.6) is 5.75 Å². The molecule has 1 rings (SSSR count). The van der Waals surface area contributed by atoms with Crippen molar-refractivity contribution in [2.45, 2.75) is 20.3 Å². The number of carbonyl (C=O) groups is 1. The molecule has 0 bridgehead atoms. The maximum absolute atomic E-state index is 11.4. The summed E-state index contributed by atoms with van der Waals surface area (Å²) in [5, 5.41) is 0.676. The van der Waals surface area contributed by atoms with Gasteiger partial charge in [-0.25, -0.2) is 0 Å². The average Bonchev–Trinajstić information content (AvgIpc) is 2.49. The second-order valence-electron chi connectivity index (χ2n) is 4.98. The summed E-state index contributed by atoms with van der Waals surface area (Å²) in [6, 6.07) is 7.39. The third-order valence-electron chi connectivity index (χ3n) is 3.27. The van der Waals surface area contributed by atoms with Gasteiger partial charge in [0.05, 0.1) is 19.6 Å². The van der Waals surface area contributed by atoms with Crippen LogP contribution in [0.1, 0.15) is 20.3 Å². The van der Waals surface area contributed by atoms with Gasteiger partial charge in [0.25, 0.3) is 0 Å². The van der Waals surface area contributed by atoms with E-state index in [0.29, 0.717) is 18.2 Å². The van der Waals surface area contributed by atoms with E-state index in [1.807, 2.05) is 25.1 Å². The molecule has 0 aliphatic rings. The molecular weight excluding hydrogens is 290 g/mol. The van der Waals surface area contributed by atoms with Crippen molar-refractivity contribution in [2.24, 2.45) is 5.92 Å². The molecule has 0 heterocycles. The maximum atomic E-state index is 11.4. The van der Waals surface area contributed by atoms with E-state index in [0.717, 1.165) is 25.3 Å². The van der Waals surface area contributed by atoms with Crippen LogP contribution in [0.4, 0.5) is 0 Å². The highest BCUT2D eigenvalue weighted by atomic mass is 35.5. The maximum Gasteiger partial charge on any atom is 0.309 e. The summed E-state index contributed by atoms with van der Waals surface area (Å²) in [6.07, 6.45) is 0.897. The highest BCUT2D eigenvalue weighted by Crippen LogP contribution is 2.17. The summed E-state index contributed by atoms with van der Waals surface area (Å²) in [4.78, 5) is 13.6. The zero-order valence-electron chi connectivity index (χ0n) is 13.0. The number of nitrogens with zero attached hydrogens (tertiary/aromatic N) is 1. The number of ether oxygens (including phenoxy) is 2. The minimum atomic E-state index is -0.163. The molecule has 5 heteroatoms. The number of hydrogen-bond acceptors (Lipinski definition) is 4. The lowest BCUT2D eigenvalue weighted by Crippen LogP contribution is -2.33. The summed E-state index contributed by atoms with van der Waals surface area (Å²) >= 11 is 5.90. The van der Waals surface area contributed by atoms with Crippen molar-refractivity contribution in [3.8, 4) is 5.75 Å². The zero-order chi connectivity index (χ0) is 15.7. The summed E-state index contributed by atoms with van der Waals surface area (Å²) in [6.45, 7) is 7.10. The smallest absolute Gasteiger partial charge is 0.309 e. The Hall–Kier alpha value is -1.26. The van der Waals surface area contributed by atoms with Crippen LogP contribution in [0.15, 0.2) is 24.3 Å². The van der Waals surface area contributed by atoms with E-state index < -0.39 is 0 Å². The van der Waals surface area contributed by atoms with Gasteiger partial charge in [0.15, 0.2) is 0 Å². The lowest BCUT2D eigenvalue weighted by molar-refractivity contribution is -0.145. The Bertz CT molecular complexity index is 439. The predicted molar refractivity (Wildman–Crippen MR) is 84.9 cm³/mol. The van der Waals surface area contributed by atoms with Crippen LogP contribution in [-0.4, -0.2) is 44.2 Å². The fourth-order valence-electron chi connectivity index (χ4n) is 2.08. The Labute approximate surface area is 132 Å². The number of benzene rings is 1. The average molecular weight is 314 g/mol. The highest BCUT2D eigenvalue weighted by molar-refractivity contribution is 6.30. The van der Waals surface area contributed by atoms with Gasteiger partial charge in [0.2, 0.25) is 0 Å². The van der Waals surface area contributed by atoms with Crippen molar-refractivity contribution in [1.82, 2.24) is 4.90 Å². The van der Waals surface area contributed by atoms with Crippen molar-refractivity contribution in [3.63, 3.8) is 0 Å². The fraction of sp³-hybridized carbons (Fsp3) is 0.562. The highest BCUT2D eigenvalue weighted by Gasteiger charge is 2.16. The molecule has 0 fully saturated rings. The largest absolute Gasteiger partial charge is 0.493 e. The molecule has 0 aliphatic carbocycles. The van der Waals surface area contributed by atoms with Crippen molar-refractivity contribution in [3.05, 3.63) is 29.3 Å². The minimum absolute atomic E-state index is 0.108. The summed E-state index contributed by atoms with van der Waals surface area (Å²) in [5.41, 5.74) is 0. The molecule has 4 nitrogen and oxygen atoms in total. The van der Waals surface area contributed by atoms with Crippen LogP contribution in [0.25, 0.3) is 0 Å². The molecule has 1 aromatic carbocycles. The number of halogens is 1. The van der Waals surface area contributed by atoms with Gasteiger partial charge in [-0.2, -0.15) is 0 Å². The third-order valence-corrected chi connectivity index (χ3v) is 3.50. The van der Waals surface area contributed by atoms with Crippen LogP contribution in [0.3, 0.4) is 0 Å². The molecule has 1 unspecified atom stereocenters. The minimum Gasteiger partial charge on any atom is -0.493 e. The monoisotopic (exact) mass is 313 g/mol. The molecule has 0 radical (unpaired) electrons. The molecule has 0 spiro atoms. The molecule has 1 aromatic rings. The molecule has 118 valence electrons. The van der Waals surface area contributed by atoms with Crippen LogP contribution in [0.2, 0.25) is 5.02 Å². The molecule has 0 saturated heterocycles. The fourth-order valence-corrected chi connectivity index (χ4v) is 2.26. The lowest BCUT2D eigenvalue weighted by Gasteiger charge is -2.23. The van der Waals surface area contributed by atoms with E-state index in [1.54, 1.807) is 6.07 Å². The second kappa shape index (κ2) is 9.64. The van der Waals surface area contributed by atoms with E-state index in [-0.39, 0.29) is 11.9 Å². The Morgan fingerprint density at radius 1 is 1.43 bits per heavy atom. The van der Waals surface area contributed by atoms with Gasteiger partial charge in [0.1, 0.15) is 5.75 Å². The van der Waals surface area contributed by atoms with E-state index in [1.165, 1.54) is 7.11 Å². The number of methoxy groups -OCH3 is 1. The molecule has 21 heavy (non-hydrogen) atoms. The molecule has 0 N–H and O–H groups in total. The number of esters is 1. The SMILES string of the molecule is CCN(CCCOc1cccc(Cl)c1)CC(C)C(=O)OC. The van der Waals surface area contributed by atoms with Gasteiger partial charge in [-0.3, -0.25) is 4.79 Å². The van der Waals surface area contributed by atoms with E-state index >= 15 is 0 Å². The Kier molecular flexibility index (Phi) is 8.16. The topological polar surface area (TPSA) is 38.8 Å². The van der Waals surface area contributed by atoms with Gasteiger partial charge in [-0.15, -0.1) is 0 Å². The first-order valence-electron chi connectivity index (χ1n) is 7.25. The van der Waals surface area contributed by atoms with E-state index in [2.05, 4.69) is 11.8 Å². The quantitative estimate of drug-likeness (QED) is 0.518. The molecule has 0 amide bonds. The van der Waals surface area contributed by atoms with E-state index in [9.17, 15) is 4.79 Å². The van der Waals surface area contributed by atoms with E-state index in [4.69, 9.17) is 21.1 Å². The van der Waals surface area contributed by atoms with Crippen LogP contribution in [0, 0.1) is 5.92 Å². The molecule has 0 aromatic heterocycles. The first-order chi connectivity index (χ1) is 10.1. The van der Waals surface area contributed by atoms with Crippen molar-refractivity contribution in [2.75, 3.05) is 33.4 Å². The zero-order valence-corrected chi connectivity index (χ0v) is 13.7. The van der Waals surface area contributed by atoms with Crippen LogP contribution < -0.4 is 4.74 Å². The van der Waals surface area contributed by atoms with Crippen molar-refractivity contribution in [1.29, 1.82) is 0 Å². The molecule has 0 saturated carbocycles. The normalized spacial score (nSPS) is 12.2. The molecular formula is C16H24ClNO3. The van der Waals surface area contributed by atoms with Crippen molar-refractivity contribution >= 4 is 17.6 Å². The standard InChI is InChI=1S/C16H24ClNO3/c1-4-18(12-13(2)16(19)20-3)9-6-10-21-15-8-5-7-14(17)11-15/h5,7-8,11,13H,4,6,9-10,12H2,1-3H3. The van der Waals surface area contributed by atoms with Crippen LogP contribution in [-0.2, 0) is 9.53 Å². The second-order valence-corrected chi connectivity index (χ2v) is 5.41. The van der Waals surface area contributed by atoms with Crippen molar-refractivity contribution < 1.29 is 14.3 Å². The summed E-state index contributed by atoms with van der Waals surface area (Å²) < 4.78 is 10.4. The first kappa shape index (κ1) is 17.8. The number of carbonyl (C=O) groups excluding carboxylic acids is 1. The Balaban J connectivity index is 2.27. The summed E-state index contributed by atoms with van der Waals surface area (Å²) in [7, 11) is 1.42. The molecule has 1 atom stereocenters. The third kappa shape index (κ3) is 6.82. The first-order valence-corrected chi connectivity index (χ1v) is 7.63. The van der Waals surface area contributed by atoms with Gasteiger partial charge in [-0.1, -0.05) is 31.5 Å². The Morgan fingerprint density at radius 3 is 2.81 bits per heavy atom. The van der Waals surface area contributed by atoms with Gasteiger partial charge >= 0.3 is 5.97 Å². The Morgan fingerprint density at radius 2 is 2.19 bits per heavy atom. The van der Waals surface area contributed by atoms with Gasteiger partial charge in [-0.05, 0) is 31.2 Å². The summed E-state index contributed by atoms with van der Waals surface area (Å²) in [5.74, 6) is 0.515. The van der Waals surface area contributed by atoms with Gasteiger partial charge in [0, 0.05) is 18.1 Å². The predicted octanol–water partition coefficient (Wildman–Crippen LogP) is 3.24. The number of rotatable bonds is 9. The lowest BCUT2D eigenvalue weighted by atomic mass is 10.1. The number of hydrogen-bond donors (Lipinski definition) is 0. The molecule has 0 aliphatic heterocycles.